The van der Waals surface area contributed by atoms with E-state index in [0.717, 1.165) is 42.7 Å². The maximum absolute atomic E-state index is 8.88. The van der Waals surface area contributed by atoms with Gasteiger partial charge in [0.15, 0.2) is 0 Å². The predicted molar refractivity (Wildman–Crippen MR) is 76.1 cm³/mol. The van der Waals surface area contributed by atoms with Crippen LogP contribution in [0.1, 0.15) is 18.9 Å². The third-order valence-electron chi connectivity index (χ3n) is 3.31. The fourth-order valence-corrected chi connectivity index (χ4v) is 2.76. The summed E-state index contributed by atoms with van der Waals surface area (Å²) in [5.41, 5.74) is 1.28. The van der Waals surface area contributed by atoms with Crippen molar-refractivity contribution in [3.63, 3.8) is 0 Å². The van der Waals surface area contributed by atoms with Crippen LogP contribution in [-0.2, 0) is 6.42 Å². The zero-order valence-electron chi connectivity index (χ0n) is 10.7. The van der Waals surface area contributed by atoms with Crippen LogP contribution in [0.15, 0.2) is 22.7 Å². The predicted octanol–water partition coefficient (Wildman–Crippen LogP) is 2.46. The fourth-order valence-electron chi connectivity index (χ4n) is 2.35. The molecule has 1 aromatic rings. The Balaban J connectivity index is 1.90. The Hall–Kier alpha value is -0.580. The highest BCUT2D eigenvalue weighted by molar-refractivity contribution is 9.10. The van der Waals surface area contributed by atoms with E-state index in [0.29, 0.717) is 0 Å². The Morgan fingerprint density at radius 2 is 2.33 bits per heavy atom. The number of hydrogen-bond donors (Lipinski definition) is 1. The first-order valence-electron chi connectivity index (χ1n) is 6.51. The molecule has 0 saturated heterocycles. The molecule has 1 aliphatic heterocycles. The van der Waals surface area contributed by atoms with E-state index in [2.05, 4.69) is 33.8 Å². The molecule has 18 heavy (non-hydrogen) atoms. The van der Waals surface area contributed by atoms with E-state index in [1.165, 1.54) is 5.56 Å². The Labute approximate surface area is 117 Å². The molecule has 1 aliphatic rings. The minimum absolute atomic E-state index is 0.243. The highest BCUT2D eigenvalue weighted by Gasteiger charge is 2.24. The first-order valence-corrected chi connectivity index (χ1v) is 7.30. The van der Waals surface area contributed by atoms with Crippen LogP contribution in [0.4, 0.5) is 0 Å². The van der Waals surface area contributed by atoms with Crippen LogP contribution < -0.4 is 4.74 Å². The van der Waals surface area contributed by atoms with Crippen LogP contribution in [0.5, 0.6) is 5.75 Å². The van der Waals surface area contributed by atoms with Crippen molar-refractivity contribution < 1.29 is 9.84 Å². The lowest BCUT2D eigenvalue weighted by Crippen LogP contribution is -2.35. The van der Waals surface area contributed by atoms with Crippen molar-refractivity contribution in [1.29, 1.82) is 0 Å². The van der Waals surface area contributed by atoms with E-state index in [4.69, 9.17) is 9.84 Å². The molecule has 1 atom stereocenters. The Morgan fingerprint density at radius 3 is 3.06 bits per heavy atom. The summed E-state index contributed by atoms with van der Waals surface area (Å²) in [6, 6.07) is 6.19. The lowest BCUT2D eigenvalue weighted by atomic mass is 10.1. The highest BCUT2D eigenvalue weighted by atomic mass is 79.9. The molecule has 0 saturated carbocycles. The molecule has 0 aromatic heterocycles. The van der Waals surface area contributed by atoms with Crippen molar-refractivity contribution in [3.8, 4) is 5.75 Å². The maximum atomic E-state index is 8.88. The molecule has 1 N–H and O–H groups in total. The molecule has 3 nitrogen and oxygen atoms in total. The zero-order chi connectivity index (χ0) is 13.0. The summed E-state index contributed by atoms with van der Waals surface area (Å²) < 4.78 is 7.06. The molecular formula is C14H20BrNO2. The molecule has 2 rings (SSSR count). The third-order valence-corrected chi connectivity index (χ3v) is 3.80. The summed E-state index contributed by atoms with van der Waals surface area (Å²) in [6.45, 7) is 5.28. The number of nitrogens with zero attached hydrogens (tertiary/aromatic N) is 1. The van der Waals surface area contributed by atoms with E-state index < -0.39 is 0 Å². The van der Waals surface area contributed by atoms with Crippen molar-refractivity contribution in [2.45, 2.75) is 25.9 Å². The SMILES string of the molecule is CCN(CCCO)CC1Cc2cc(Br)ccc2O1. The molecule has 100 valence electrons. The van der Waals surface area contributed by atoms with Crippen molar-refractivity contribution in [1.82, 2.24) is 4.90 Å². The molecule has 0 spiro atoms. The van der Waals surface area contributed by atoms with Gasteiger partial charge in [-0.2, -0.15) is 0 Å². The number of likely N-dealkylation sites (N-methyl/N-ethyl adjacent to an activating group) is 1. The van der Waals surface area contributed by atoms with Gasteiger partial charge in [-0.15, -0.1) is 0 Å². The number of benzene rings is 1. The number of aliphatic hydroxyl groups is 1. The summed E-state index contributed by atoms with van der Waals surface area (Å²) in [4.78, 5) is 2.34. The quantitative estimate of drug-likeness (QED) is 0.875. The highest BCUT2D eigenvalue weighted by Crippen LogP contribution is 2.31. The van der Waals surface area contributed by atoms with E-state index in [9.17, 15) is 0 Å². The molecule has 0 amide bonds. The van der Waals surface area contributed by atoms with Crippen LogP contribution in [0, 0.1) is 0 Å². The topological polar surface area (TPSA) is 32.7 Å². The van der Waals surface area contributed by atoms with Crippen LogP contribution in [0.3, 0.4) is 0 Å². The van der Waals surface area contributed by atoms with E-state index in [-0.39, 0.29) is 12.7 Å². The van der Waals surface area contributed by atoms with E-state index in [1.54, 1.807) is 0 Å². The van der Waals surface area contributed by atoms with Crippen LogP contribution in [0.2, 0.25) is 0 Å². The van der Waals surface area contributed by atoms with Gasteiger partial charge in [0.1, 0.15) is 11.9 Å². The number of hydrogen-bond acceptors (Lipinski definition) is 3. The lowest BCUT2D eigenvalue weighted by Gasteiger charge is -2.23. The van der Waals surface area contributed by atoms with E-state index >= 15 is 0 Å². The van der Waals surface area contributed by atoms with Crippen molar-refractivity contribution >= 4 is 15.9 Å². The second-order valence-electron chi connectivity index (χ2n) is 4.67. The van der Waals surface area contributed by atoms with Crippen molar-refractivity contribution in [2.24, 2.45) is 0 Å². The standard InChI is InChI=1S/C14H20BrNO2/c1-2-16(6-3-7-17)10-13-9-11-8-12(15)4-5-14(11)18-13/h4-5,8,13,17H,2-3,6-7,9-10H2,1H3. The van der Waals surface area contributed by atoms with Gasteiger partial charge in [0.25, 0.3) is 0 Å². The van der Waals surface area contributed by atoms with Gasteiger partial charge in [-0.1, -0.05) is 22.9 Å². The number of ether oxygens (including phenoxy) is 1. The zero-order valence-corrected chi connectivity index (χ0v) is 12.3. The van der Waals surface area contributed by atoms with Gasteiger partial charge in [0, 0.05) is 30.6 Å². The monoisotopic (exact) mass is 313 g/mol. The Bertz CT molecular complexity index is 397. The minimum atomic E-state index is 0.243. The number of halogens is 1. The summed E-state index contributed by atoms with van der Waals surface area (Å²) in [7, 11) is 0. The number of fused-ring (bicyclic) bond motifs is 1. The second kappa shape index (κ2) is 6.55. The van der Waals surface area contributed by atoms with Gasteiger partial charge in [-0.3, -0.25) is 4.90 Å². The van der Waals surface area contributed by atoms with Gasteiger partial charge in [0.05, 0.1) is 0 Å². The number of rotatable bonds is 6. The lowest BCUT2D eigenvalue weighted by molar-refractivity contribution is 0.146. The summed E-state index contributed by atoms with van der Waals surface area (Å²) in [6.07, 6.45) is 2.05. The molecule has 4 heteroatoms. The van der Waals surface area contributed by atoms with Gasteiger partial charge < -0.3 is 9.84 Å². The molecule has 0 fully saturated rings. The Kier molecular flexibility index (Phi) is 5.03. The van der Waals surface area contributed by atoms with Crippen LogP contribution >= 0.6 is 15.9 Å². The number of aliphatic hydroxyl groups excluding tert-OH is 1. The summed E-state index contributed by atoms with van der Waals surface area (Å²) in [5, 5.41) is 8.88. The average molecular weight is 314 g/mol. The largest absolute Gasteiger partial charge is 0.488 e. The molecule has 0 radical (unpaired) electrons. The molecular weight excluding hydrogens is 294 g/mol. The fraction of sp³-hybridized carbons (Fsp3) is 0.571. The average Bonchev–Trinajstić information content (AvgIpc) is 2.75. The van der Waals surface area contributed by atoms with Gasteiger partial charge in [-0.25, -0.2) is 0 Å². The summed E-state index contributed by atoms with van der Waals surface area (Å²) >= 11 is 3.49. The normalized spacial score (nSPS) is 17.9. The third kappa shape index (κ3) is 3.46. The van der Waals surface area contributed by atoms with Gasteiger partial charge in [0.2, 0.25) is 0 Å². The summed E-state index contributed by atoms with van der Waals surface area (Å²) in [5.74, 6) is 1.02. The maximum Gasteiger partial charge on any atom is 0.123 e. The molecule has 0 bridgehead atoms. The first-order chi connectivity index (χ1) is 8.72. The smallest absolute Gasteiger partial charge is 0.123 e. The van der Waals surface area contributed by atoms with Crippen molar-refractivity contribution in [3.05, 3.63) is 28.2 Å². The molecule has 1 aromatic carbocycles. The molecule has 1 unspecified atom stereocenters. The van der Waals surface area contributed by atoms with Crippen LogP contribution in [0.25, 0.3) is 0 Å². The Morgan fingerprint density at radius 1 is 1.50 bits per heavy atom. The molecule has 0 aliphatic carbocycles. The molecule has 1 heterocycles. The van der Waals surface area contributed by atoms with Gasteiger partial charge in [-0.05, 0) is 36.7 Å². The van der Waals surface area contributed by atoms with Crippen molar-refractivity contribution in [2.75, 3.05) is 26.2 Å². The van der Waals surface area contributed by atoms with Crippen LogP contribution in [-0.4, -0.2) is 42.4 Å². The first kappa shape index (κ1) is 13.8. The minimum Gasteiger partial charge on any atom is -0.488 e. The van der Waals surface area contributed by atoms with Gasteiger partial charge >= 0.3 is 0 Å². The second-order valence-corrected chi connectivity index (χ2v) is 5.58. The van der Waals surface area contributed by atoms with E-state index in [1.807, 2.05) is 12.1 Å².